The highest BCUT2D eigenvalue weighted by Crippen LogP contribution is 2.38. The Morgan fingerprint density at radius 3 is 2.33 bits per heavy atom. The highest BCUT2D eigenvalue weighted by atomic mass is 16.7. The second-order valence-electron chi connectivity index (χ2n) is 7.62. The van der Waals surface area contributed by atoms with Gasteiger partial charge < -0.3 is 9.31 Å². The van der Waals surface area contributed by atoms with E-state index in [1.54, 1.807) is 0 Å². The largest absolute Gasteiger partial charge is 0.487 e. The van der Waals surface area contributed by atoms with Gasteiger partial charge in [0.15, 0.2) is 0 Å². The molecule has 3 heteroatoms. The fourth-order valence-electron chi connectivity index (χ4n) is 2.97. The summed E-state index contributed by atoms with van der Waals surface area (Å²) in [6.45, 7) is 16.9. The van der Waals surface area contributed by atoms with Gasteiger partial charge in [0, 0.05) is 0 Å². The van der Waals surface area contributed by atoms with E-state index >= 15 is 0 Å². The molecule has 1 atom stereocenters. The molecule has 1 aliphatic carbocycles. The summed E-state index contributed by atoms with van der Waals surface area (Å²) in [5, 5.41) is 0. The predicted molar refractivity (Wildman–Crippen MR) is 90.1 cm³/mol. The van der Waals surface area contributed by atoms with Crippen LogP contribution < -0.4 is 0 Å². The first kappa shape index (κ1) is 16.6. The molecule has 0 amide bonds. The van der Waals surface area contributed by atoms with Crippen molar-refractivity contribution < 1.29 is 9.31 Å². The molecule has 1 heterocycles. The third kappa shape index (κ3) is 3.52. The van der Waals surface area contributed by atoms with Gasteiger partial charge in [0.05, 0.1) is 11.2 Å². The van der Waals surface area contributed by atoms with Crippen LogP contribution >= 0.6 is 0 Å². The van der Waals surface area contributed by atoms with Crippen molar-refractivity contribution >= 4 is 7.12 Å². The molecule has 1 aliphatic heterocycles. The van der Waals surface area contributed by atoms with Gasteiger partial charge in [-0.25, -0.2) is 0 Å². The topological polar surface area (TPSA) is 18.5 Å². The maximum absolute atomic E-state index is 6.02. The van der Waals surface area contributed by atoms with E-state index in [1.807, 2.05) is 0 Å². The molecule has 0 radical (unpaired) electrons. The smallest absolute Gasteiger partial charge is 0.400 e. The van der Waals surface area contributed by atoms with Gasteiger partial charge in [-0.2, -0.15) is 0 Å². The zero-order valence-corrected chi connectivity index (χ0v) is 14.5. The summed E-state index contributed by atoms with van der Waals surface area (Å²) >= 11 is 0. The van der Waals surface area contributed by atoms with Gasteiger partial charge >= 0.3 is 7.12 Å². The Morgan fingerprint density at radius 1 is 1.24 bits per heavy atom. The molecule has 0 bridgehead atoms. The minimum atomic E-state index is -0.270. The first-order valence-electron chi connectivity index (χ1n) is 8.04. The Morgan fingerprint density at radius 2 is 1.81 bits per heavy atom. The second-order valence-corrected chi connectivity index (χ2v) is 7.62. The van der Waals surface area contributed by atoms with Crippen molar-refractivity contribution in [1.82, 2.24) is 0 Å². The molecular weight excluding hydrogens is 259 g/mol. The van der Waals surface area contributed by atoms with Crippen molar-refractivity contribution in [3.63, 3.8) is 0 Å². The van der Waals surface area contributed by atoms with Gasteiger partial charge in [-0.3, -0.25) is 0 Å². The monoisotopic (exact) mass is 288 g/mol. The van der Waals surface area contributed by atoms with E-state index in [9.17, 15) is 0 Å². The minimum Gasteiger partial charge on any atom is -0.400 e. The normalized spacial score (nSPS) is 28.5. The average molecular weight is 288 g/mol. The zero-order chi connectivity index (χ0) is 15.8. The first-order chi connectivity index (χ1) is 9.62. The number of rotatable bonds is 3. The second kappa shape index (κ2) is 5.77. The number of allylic oxidation sites excluding steroid dienone is 4. The summed E-state index contributed by atoms with van der Waals surface area (Å²) in [5.41, 5.74) is 3.47. The molecule has 116 valence electrons. The average Bonchev–Trinajstić information content (AvgIpc) is 2.55. The van der Waals surface area contributed by atoms with E-state index in [2.05, 4.69) is 60.2 Å². The van der Waals surface area contributed by atoms with Crippen LogP contribution in [0.5, 0.6) is 0 Å². The van der Waals surface area contributed by atoms with Crippen LogP contribution in [0, 0.1) is 5.92 Å². The van der Waals surface area contributed by atoms with Gasteiger partial charge in [0.2, 0.25) is 0 Å². The van der Waals surface area contributed by atoms with Gasteiger partial charge in [-0.05, 0) is 70.9 Å². The van der Waals surface area contributed by atoms with Crippen LogP contribution in [0.2, 0.25) is 0 Å². The molecule has 2 nitrogen and oxygen atoms in total. The van der Waals surface area contributed by atoms with E-state index in [1.165, 1.54) is 23.1 Å². The molecule has 21 heavy (non-hydrogen) atoms. The maximum atomic E-state index is 6.02. The Balaban J connectivity index is 2.15. The van der Waals surface area contributed by atoms with Gasteiger partial charge in [-0.15, -0.1) is 0 Å². The highest BCUT2D eigenvalue weighted by Gasteiger charge is 2.50. The van der Waals surface area contributed by atoms with Crippen LogP contribution in [-0.2, 0) is 9.31 Å². The lowest BCUT2D eigenvalue weighted by molar-refractivity contribution is 0.00578. The Hall–Kier alpha value is -0.795. The fourth-order valence-corrected chi connectivity index (χ4v) is 2.97. The Kier molecular flexibility index (Phi) is 4.56. The molecule has 0 aromatic heterocycles. The van der Waals surface area contributed by atoms with E-state index in [4.69, 9.17) is 9.31 Å². The van der Waals surface area contributed by atoms with Crippen LogP contribution in [0.15, 0.2) is 35.3 Å². The van der Waals surface area contributed by atoms with Crippen LogP contribution in [-0.4, -0.2) is 18.3 Å². The minimum absolute atomic E-state index is 0.258. The summed E-state index contributed by atoms with van der Waals surface area (Å²) in [5.74, 6) is 2.80. The van der Waals surface area contributed by atoms with E-state index in [-0.39, 0.29) is 18.3 Å². The van der Waals surface area contributed by atoms with Crippen molar-refractivity contribution in [3.05, 3.63) is 35.3 Å². The molecule has 0 aromatic carbocycles. The summed E-state index contributed by atoms with van der Waals surface area (Å²) in [7, 11) is -0.258. The van der Waals surface area contributed by atoms with Crippen LogP contribution in [0.4, 0.5) is 0 Å². The summed E-state index contributed by atoms with van der Waals surface area (Å²) in [6.07, 6.45) is 5.72. The molecular formula is C18H29BO2. The number of hydrogen-bond acceptors (Lipinski definition) is 2. The summed E-state index contributed by atoms with van der Waals surface area (Å²) in [6, 6.07) is 0. The van der Waals surface area contributed by atoms with Crippen molar-refractivity contribution in [2.24, 2.45) is 5.92 Å². The van der Waals surface area contributed by atoms with Crippen LogP contribution in [0.3, 0.4) is 0 Å². The van der Waals surface area contributed by atoms with Crippen molar-refractivity contribution in [2.75, 3.05) is 0 Å². The molecule has 0 unspecified atom stereocenters. The van der Waals surface area contributed by atoms with Crippen molar-refractivity contribution in [1.29, 1.82) is 0 Å². The molecule has 2 rings (SSSR count). The number of hydrogen-bond donors (Lipinski definition) is 0. The Labute approximate surface area is 130 Å². The lowest BCUT2D eigenvalue weighted by Gasteiger charge is -2.32. The predicted octanol–water partition coefficient (Wildman–Crippen LogP) is 4.87. The van der Waals surface area contributed by atoms with Crippen molar-refractivity contribution in [2.45, 2.75) is 72.0 Å². The van der Waals surface area contributed by atoms with E-state index in [0.717, 1.165) is 18.8 Å². The summed E-state index contributed by atoms with van der Waals surface area (Å²) < 4.78 is 12.0. The molecule has 2 aliphatic rings. The maximum Gasteiger partial charge on any atom is 0.487 e. The quantitative estimate of drug-likeness (QED) is 0.690. The molecule has 0 aromatic rings. The zero-order valence-electron chi connectivity index (χ0n) is 14.5. The van der Waals surface area contributed by atoms with Gasteiger partial charge in [-0.1, -0.05) is 31.1 Å². The lowest BCUT2D eigenvalue weighted by atomic mass is 9.80. The van der Waals surface area contributed by atoms with Crippen LogP contribution in [0.1, 0.15) is 60.8 Å². The highest BCUT2D eigenvalue weighted by molar-refractivity contribution is 6.51. The standard InChI is InChI=1S/C18H29BO2/c1-13(2)16-9-8-14(3)12-15(16)10-11-19-20-17(4,5)18(6,7)21-19/h10-11,14H,1,8-9,12H2,2-7H3/b11-10+/t14-/m1/s1. The van der Waals surface area contributed by atoms with E-state index in [0.29, 0.717) is 0 Å². The molecule has 0 spiro atoms. The fraction of sp³-hybridized carbons (Fsp3) is 0.667. The molecule has 1 fully saturated rings. The van der Waals surface area contributed by atoms with Gasteiger partial charge in [0.1, 0.15) is 0 Å². The lowest BCUT2D eigenvalue weighted by Crippen LogP contribution is -2.41. The molecule has 0 N–H and O–H groups in total. The Bertz CT molecular complexity index is 469. The summed E-state index contributed by atoms with van der Waals surface area (Å²) in [4.78, 5) is 0. The SMILES string of the molecule is C=C(C)C1=C(/C=C/B2OC(C)(C)C(C)(C)O2)C[C@H](C)CC1. The molecule has 1 saturated heterocycles. The van der Waals surface area contributed by atoms with Crippen LogP contribution in [0.25, 0.3) is 0 Å². The third-order valence-electron chi connectivity index (χ3n) is 5.08. The first-order valence-corrected chi connectivity index (χ1v) is 8.04. The third-order valence-corrected chi connectivity index (χ3v) is 5.08. The van der Waals surface area contributed by atoms with Gasteiger partial charge in [0.25, 0.3) is 0 Å². The van der Waals surface area contributed by atoms with E-state index < -0.39 is 0 Å². The van der Waals surface area contributed by atoms with Crippen molar-refractivity contribution in [3.8, 4) is 0 Å². The molecule has 0 saturated carbocycles.